The van der Waals surface area contributed by atoms with E-state index in [0.29, 0.717) is 23.8 Å². The van der Waals surface area contributed by atoms with Crippen molar-refractivity contribution in [2.75, 3.05) is 6.79 Å². The van der Waals surface area contributed by atoms with E-state index in [2.05, 4.69) is 5.32 Å². The van der Waals surface area contributed by atoms with Crippen molar-refractivity contribution in [3.63, 3.8) is 0 Å². The maximum atomic E-state index is 12.4. The highest BCUT2D eigenvalue weighted by molar-refractivity contribution is 5.80. The van der Waals surface area contributed by atoms with Gasteiger partial charge in [-0.05, 0) is 48.9 Å². The number of carbonyl (C=O) groups is 1. The van der Waals surface area contributed by atoms with Crippen LogP contribution in [0.5, 0.6) is 28.7 Å². The lowest BCUT2D eigenvalue weighted by Gasteiger charge is -2.15. The zero-order valence-electron chi connectivity index (χ0n) is 16.0. The molecule has 0 saturated heterocycles. The lowest BCUT2D eigenvalue weighted by molar-refractivity contribution is -0.127. The molecule has 3 aromatic carbocycles. The predicted molar refractivity (Wildman–Crippen MR) is 107 cm³/mol. The molecule has 0 radical (unpaired) electrons. The van der Waals surface area contributed by atoms with Crippen LogP contribution in [0.2, 0.25) is 0 Å². The number of nitrogens with one attached hydrogen (secondary N) is 1. The Morgan fingerprint density at radius 2 is 1.69 bits per heavy atom. The molecular weight excluding hydrogens is 370 g/mol. The maximum absolute atomic E-state index is 12.4. The van der Waals surface area contributed by atoms with Gasteiger partial charge in [0.15, 0.2) is 17.6 Å². The molecule has 1 aliphatic heterocycles. The van der Waals surface area contributed by atoms with Crippen LogP contribution in [-0.4, -0.2) is 18.8 Å². The van der Waals surface area contributed by atoms with Gasteiger partial charge in [-0.25, -0.2) is 0 Å². The fraction of sp³-hybridized carbons (Fsp3) is 0.174. The second-order valence-electron chi connectivity index (χ2n) is 6.56. The normalized spacial score (nSPS) is 12.9. The van der Waals surface area contributed by atoms with Crippen LogP contribution in [0.1, 0.15) is 12.5 Å². The average molecular weight is 391 g/mol. The van der Waals surface area contributed by atoms with Gasteiger partial charge in [0.25, 0.3) is 5.91 Å². The van der Waals surface area contributed by atoms with Crippen molar-refractivity contribution in [2.45, 2.75) is 19.6 Å². The molecule has 1 N–H and O–H groups in total. The third-order valence-corrected chi connectivity index (χ3v) is 4.37. The zero-order valence-corrected chi connectivity index (χ0v) is 16.0. The molecule has 0 aliphatic carbocycles. The Kier molecular flexibility index (Phi) is 5.52. The summed E-state index contributed by atoms with van der Waals surface area (Å²) in [5.41, 5.74) is 0.924. The number of amides is 1. The minimum atomic E-state index is -0.656. The molecule has 6 heteroatoms. The molecule has 148 valence electrons. The van der Waals surface area contributed by atoms with Crippen LogP contribution in [0, 0.1) is 0 Å². The summed E-state index contributed by atoms with van der Waals surface area (Å²) in [5.74, 6) is 3.13. The van der Waals surface area contributed by atoms with Crippen LogP contribution >= 0.6 is 0 Å². The molecule has 29 heavy (non-hydrogen) atoms. The Bertz CT molecular complexity index is 990. The summed E-state index contributed by atoms with van der Waals surface area (Å²) in [5, 5.41) is 2.87. The highest BCUT2D eigenvalue weighted by Crippen LogP contribution is 2.32. The van der Waals surface area contributed by atoms with Crippen LogP contribution in [-0.2, 0) is 11.3 Å². The van der Waals surface area contributed by atoms with Gasteiger partial charge in [-0.3, -0.25) is 4.79 Å². The Morgan fingerprint density at radius 1 is 0.931 bits per heavy atom. The van der Waals surface area contributed by atoms with E-state index in [1.807, 2.05) is 60.7 Å². The van der Waals surface area contributed by atoms with Gasteiger partial charge in [-0.1, -0.05) is 30.3 Å². The standard InChI is InChI=1S/C23H21NO5/c1-16(23(25)24-14-17-10-11-21-22(12-17)27-15-26-21)28-19-8-5-9-20(13-19)29-18-6-3-2-4-7-18/h2-13,16H,14-15H2,1H3,(H,24,25). The van der Waals surface area contributed by atoms with E-state index in [9.17, 15) is 4.79 Å². The van der Waals surface area contributed by atoms with Gasteiger partial charge >= 0.3 is 0 Å². The molecule has 1 unspecified atom stereocenters. The summed E-state index contributed by atoms with van der Waals surface area (Å²) in [6.45, 7) is 2.31. The van der Waals surface area contributed by atoms with Crippen molar-refractivity contribution >= 4 is 5.91 Å². The van der Waals surface area contributed by atoms with Crippen molar-refractivity contribution < 1.29 is 23.7 Å². The van der Waals surface area contributed by atoms with Gasteiger partial charge in [0.1, 0.15) is 17.2 Å². The molecule has 1 atom stereocenters. The van der Waals surface area contributed by atoms with Crippen LogP contribution in [0.25, 0.3) is 0 Å². The Hall–Kier alpha value is -3.67. The highest BCUT2D eigenvalue weighted by atomic mass is 16.7. The molecule has 1 amide bonds. The van der Waals surface area contributed by atoms with Crippen LogP contribution < -0.4 is 24.3 Å². The summed E-state index contributed by atoms with van der Waals surface area (Å²) in [6.07, 6.45) is -0.656. The lowest BCUT2D eigenvalue weighted by Crippen LogP contribution is -2.35. The van der Waals surface area contributed by atoms with Crippen LogP contribution in [0.3, 0.4) is 0 Å². The monoisotopic (exact) mass is 391 g/mol. The van der Waals surface area contributed by atoms with Crippen molar-refractivity contribution in [1.29, 1.82) is 0 Å². The minimum absolute atomic E-state index is 0.211. The fourth-order valence-electron chi connectivity index (χ4n) is 2.88. The summed E-state index contributed by atoms with van der Waals surface area (Å²) in [7, 11) is 0. The Morgan fingerprint density at radius 3 is 2.55 bits per heavy atom. The quantitative estimate of drug-likeness (QED) is 0.651. The zero-order chi connectivity index (χ0) is 20.1. The number of hydrogen-bond acceptors (Lipinski definition) is 5. The van der Waals surface area contributed by atoms with E-state index in [-0.39, 0.29) is 12.7 Å². The van der Waals surface area contributed by atoms with Gasteiger partial charge in [0, 0.05) is 12.6 Å². The Balaban J connectivity index is 1.32. The first-order valence-corrected chi connectivity index (χ1v) is 9.33. The second kappa shape index (κ2) is 8.56. The third kappa shape index (κ3) is 4.79. The van der Waals surface area contributed by atoms with Crippen molar-refractivity contribution in [3.8, 4) is 28.7 Å². The number of carbonyl (C=O) groups excluding carboxylic acids is 1. The summed E-state index contributed by atoms with van der Waals surface area (Å²) in [6, 6.07) is 22.3. The molecule has 0 spiro atoms. The summed E-state index contributed by atoms with van der Waals surface area (Å²) in [4.78, 5) is 12.4. The molecule has 1 heterocycles. The molecule has 1 aliphatic rings. The van der Waals surface area contributed by atoms with E-state index < -0.39 is 6.10 Å². The van der Waals surface area contributed by atoms with Crippen LogP contribution in [0.4, 0.5) is 0 Å². The second-order valence-corrected chi connectivity index (χ2v) is 6.56. The van der Waals surface area contributed by atoms with Gasteiger partial charge in [-0.15, -0.1) is 0 Å². The van der Waals surface area contributed by atoms with Gasteiger partial charge in [0.05, 0.1) is 0 Å². The van der Waals surface area contributed by atoms with E-state index >= 15 is 0 Å². The topological polar surface area (TPSA) is 66.0 Å². The highest BCUT2D eigenvalue weighted by Gasteiger charge is 2.17. The number of hydrogen-bond donors (Lipinski definition) is 1. The predicted octanol–water partition coefficient (Wildman–Crippen LogP) is 4.29. The summed E-state index contributed by atoms with van der Waals surface area (Å²) < 4.78 is 22.2. The van der Waals surface area contributed by atoms with Gasteiger partial charge in [0.2, 0.25) is 6.79 Å². The molecular formula is C23H21NO5. The first kappa shape index (κ1) is 18.7. The molecule has 3 aromatic rings. The third-order valence-electron chi connectivity index (χ3n) is 4.37. The van der Waals surface area contributed by atoms with Crippen molar-refractivity contribution in [1.82, 2.24) is 5.32 Å². The molecule has 0 fully saturated rings. The number of para-hydroxylation sites is 1. The van der Waals surface area contributed by atoms with E-state index in [1.165, 1.54) is 0 Å². The van der Waals surface area contributed by atoms with E-state index in [0.717, 1.165) is 17.1 Å². The molecule has 0 bridgehead atoms. The molecule has 0 saturated carbocycles. The lowest BCUT2D eigenvalue weighted by atomic mass is 10.2. The number of rotatable bonds is 7. The minimum Gasteiger partial charge on any atom is -0.481 e. The first-order valence-electron chi connectivity index (χ1n) is 9.33. The molecule has 4 rings (SSSR count). The van der Waals surface area contributed by atoms with Crippen LogP contribution in [0.15, 0.2) is 72.8 Å². The van der Waals surface area contributed by atoms with Crippen molar-refractivity contribution in [3.05, 3.63) is 78.4 Å². The molecule has 0 aromatic heterocycles. The van der Waals surface area contributed by atoms with Gasteiger partial charge < -0.3 is 24.3 Å². The number of ether oxygens (including phenoxy) is 4. The average Bonchev–Trinajstić information content (AvgIpc) is 3.21. The van der Waals surface area contributed by atoms with Gasteiger partial charge in [-0.2, -0.15) is 0 Å². The van der Waals surface area contributed by atoms with Crippen molar-refractivity contribution in [2.24, 2.45) is 0 Å². The number of fused-ring (bicyclic) bond motifs is 1. The summed E-state index contributed by atoms with van der Waals surface area (Å²) >= 11 is 0. The number of benzene rings is 3. The van der Waals surface area contributed by atoms with E-state index in [4.69, 9.17) is 18.9 Å². The molecule has 6 nitrogen and oxygen atoms in total. The fourth-order valence-corrected chi connectivity index (χ4v) is 2.88. The SMILES string of the molecule is CC(Oc1cccc(Oc2ccccc2)c1)C(=O)NCc1ccc2c(c1)OCO2. The first-order chi connectivity index (χ1) is 14.2. The van der Waals surface area contributed by atoms with E-state index in [1.54, 1.807) is 19.1 Å². The largest absolute Gasteiger partial charge is 0.481 e. The smallest absolute Gasteiger partial charge is 0.261 e. The maximum Gasteiger partial charge on any atom is 0.261 e. The Labute approximate surface area is 169 Å².